The minimum Gasteiger partial charge on any atom is -0.376 e. The molecular weight excluding hydrogens is 340 g/mol. The van der Waals surface area contributed by atoms with E-state index in [9.17, 15) is 9.59 Å². The summed E-state index contributed by atoms with van der Waals surface area (Å²) in [6, 6.07) is 0. The van der Waals surface area contributed by atoms with E-state index in [1.54, 1.807) is 11.8 Å². The molecule has 0 radical (unpaired) electrons. The molecule has 3 saturated heterocycles. The molecule has 3 heterocycles. The van der Waals surface area contributed by atoms with Crippen LogP contribution in [0.25, 0.3) is 0 Å². The summed E-state index contributed by atoms with van der Waals surface area (Å²) in [5.41, 5.74) is -0.380. The predicted octanol–water partition coefficient (Wildman–Crippen LogP) is 1.53. The Bertz CT molecular complexity index is 474. The number of nitrogens with zero attached hydrogens (tertiary/aromatic N) is 2. The van der Waals surface area contributed by atoms with Gasteiger partial charge < -0.3 is 19.3 Å². The van der Waals surface area contributed by atoms with Gasteiger partial charge in [0.2, 0.25) is 11.8 Å². The van der Waals surface area contributed by atoms with E-state index in [0.717, 1.165) is 32.3 Å². The van der Waals surface area contributed by atoms with Gasteiger partial charge in [0.1, 0.15) is 0 Å². The zero-order chi connectivity index (χ0) is 17.7. The zero-order valence-electron chi connectivity index (χ0n) is 15.2. The van der Waals surface area contributed by atoms with Crippen LogP contribution in [0.1, 0.15) is 38.5 Å². The van der Waals surface area contributed by atoms with Crippen LogP contribution in [0.15, 0.2) is 0 Å². The number of thioether (sulfide) groups is 1. The lowest BCUT2D eigenvalue weighted by molar-refractivity contribution is -0.140. The maximum absolute atomic E-state index is 12.8. The van der Waals surface area contributed by atoms with Crippen molar-refractivity contribution in [2.45, 2.75) is 50.2 Å². The van der Waals surface area contributed by atoms with Gasteiger partial charge in [-0.2, -0.15) is 11.8 Å². The van der Waals surface area contributed by atoms with E-state index in [1.807, 2.05) is 16.1 Å². The lowest BCUT2D eigenvalue weighted by Crippen LogP contribution is -2.49. The SMILES string of the molecule is CSCC(=O)N1CCC2(CC1)CC(=O)N(CC1CCCCO1)CCO2. The molecule has 0 bridgehead atoms. The molecule has 142 valence electrons. The number of piperidine rings is 1. The molecule has 0 aromatic carbocycles. The van der Waals surface area contributed by atoms with Gasteiger partial charge in [0.15, 0.2) is 0 Å². The second-order valence-corrected chi connectivity index (χ2v) is 8.22. The van der Waals surface area contributed by atoms with Crippen molar-refractivity contribution in [2.75, 3.05) is 51.4 Å². The van der Waals surface area contributed by atoms with Crippen LogP contribution in [0.2, 0.25) is 0 Å². The molecule has 1 atom stereocenters. The molecule has 3 aliphatic rings. The van der Waals surface area contributed by atoms with E-state index in [4.69, 9.17) is 9.47 Å². The summed E-state index contributed by atoms with van der Waals surface area (Å²) in [5, 5.41) is 0. The third-order valence-corrected chi connectivity index (χ3v) is 6.12. The van der Waals surface area contributed by atoms with Crippen molar-refractivity contribution in [3.63, 3.8) is 0 Å². The van der Waals surface area contributed by atoms with Crippen molar-refractivity contribution in [1.82, 2.24) is 9.80 Å². The van der Waals surface area contributed by atoms with Gasteiger partial charge in [-0.05, 0) is 38.4 Å². The number of ether oxygens (including phenoxy) is 2. The highest BCUT2D eigenvalue weighted by Crippen LogP contribution is 2.32. The molecular formula is C18H30N2O4S. The van der Waals surface area contributed by atoms with Crippen molar-refractivity contribution in [3.8, 4) is 0 Å². The first-order valence-corrected chi connectivity index (χ1v) is 10.8. The van der Waals surface area contributed by atoms with Gasteiger partial charge in [-0.25, -0.2) is 0 Å². The zero-order valence-corrected chi connectivity index (χ0v) is 16.0. The fraction of sp³-hybridized carbons (Fsp3) is 0.889. The largest absolute Gasteiger partial charge is 0.376 e. The van der Waals surface area contributed by atoms with Crippen LogP contribution in [0, 0.1) is 0 Å². The monoisotopic (exact) mass is 370 g/mol. The summed E-state index contributed by atoms with van der Waals surface area (Å²) < 4.78 is 12.0. The molecule has 1 unspecified atom stereocenters. The normalized spacial score (nSPS) is 27.4. The fourth-order valence-electron chi connectivity index (χ4n) is 4.03. The Morgan fingerprint density at radius 2 is 2.04 bits per heavy atom. The Balaban J connectivity index is 1.53. The molecule has 0 N–H and O–H groups in total. The average molecular weight is 371 g/mol. The molecule has 7 heteroatoms. The topological polar surface area (TPSA) is 59.1 Å². The first-order valence-electron chi connectivity index (χ1n) is 9.42. The van der Waals surface area contributed by atoms with E-state index in [0.29, 0.717) is 45.0 Å². The summed E-state index contributed by atoms with van der Waals surface area (Å²) in [7, 11) is 0. The summed E-state index contributed by atoms with van der Waals surface area (Å²) in [4.78, 5) is 28.7. The minimum absolute atomic E-state index is 0.176. The molecule has 3 fully saturated rings. The third-order valence-electron chi connectivity index (χ3n) is 5.59. The van der Waals surface area contributed by atoms with E-state index in [-0.39, 0.29) is 23.5 Å². The lowest BCUT2D eigenvalue weighted by Gasteiger charge is -2.40. The number of amides is 2. The molecule has 0 aliphatic carbocycles. The maximum Gasteiger partial charge on any atom is 0.232 e. The second kappa shape index (κ2) is 8.73. The average Bonchev–Trinajstić information content (AvgIpc) is 2.76. The van der Waals surface area contributed by atoms with Gasteiger partial charge in [-0.15, -0.1) is 0 Å². The van der Waals surface area contributed by atoms with E-state index < -0.39 is 0 Å². The molecule has 25 heavy (non-hydrogen) atoms. The van der Waals surface area contributed by atoms with Crippen LogP contribution in [-0.2, 0) is 19.1 Å². The first kappa shape index (κ1) is 19.0. The number of rotatable bonds is 4. The fourth-order valence-corrected chi connectivity index (χ4v) is 4.45. The van der Waals surface area contributed by atoms with Crippen molar-refractivity contribution in [2.24, 2.45) is 0 Å². The molecule has 3 aliphatic heterocycles. The highest BCUT2D eigenvalue weighted by atomic mass is 32.2. The molecule has 0 aromatic rings. The van der Waals surface area contributed by atoms with Crippen molar-refractivity contribution < 1.29 is 19.1 Å². The van der Waals surface area contributed by atoms with Crippen LogP contribution in [0.4, 0.5) is 0 Å². The Morgan fingerprint density at radius 3 is 2.72 bits per heavy atom. The van der Waals surface area contributed by atoms with Crippen LogP contribution in [0.5, 0.6) is 0 Å². The van der Waals surface area contributed by atoms with Gasteiger partial charge in [-0.1, -0.05) is 0 Å². The summed E-state index contributed by atoms with van der Waals surface area (Å²) in [6.07, 6.45) is 7.43. The van der Waals surface area contributed by atoms with Crippen molar-refractivity contribution in [3.05, 3.63) is 0 Å². The Morgan fingerprint density at radius 1 is 1.24 bits per heavy atom. The summed E-state index contributed by atoms with van der Waals surface area (Å²) >= 11 is 1.56. The Kier molecular flexibility index (Phi) is 6.63. The van der Waals surface area contributed by atoms with Gasteiger partial charge >= 0.3 is 0 Å². The summed E-state index contributed by atoms with van der Waals surface area (Å²) in [6.45, 7) is 4.12. The van der Waals surface area contributed by atoms with E-state index >= 15 is 0 Å². The van der Waals surface area contributed by atoms with Crippen molar-refractivity contribution in [1.29, 1.82) is 0 Å². The van der Waals surface area contributed by atoms with E-state index in [1.165, 1.54) is 6.42 Å². The standard InChI is InChI=1S/C18H30N2O4S/c1-25-14-17(22)19-7-5-18(6-8-19)12-16(21)20(9-11-24-18)13-15-4-2-3-10-23-15/h15H,2-14H2,1H3. The molecule has 3 rings (SSSR count). The number of carbonyl (C=O) groups excluding carboxylic acids is 2. The lowest BCUT2D eigenvalue weighted by atomic mass is 9.87. The predicted molar refractivity (Wildman–Crippen MR) is 97.7 cm³/mol. The quantitative estimate of drug-likeness (QED) is 0.751. The minimum atomic E-state index is -0.380. The first-order chi connectivity index (χ1) is 12.1. The maximum atomic E-state index is 12.8. The number of hydrogen-bond acceptors (Lipinski definition) is 5. The van der Waals surface area contributed by atoms with E-state index in [2.05, 4.69) is 0 Å². The molecule has 2 amide bonds. The molecule has 1 spiro atoms. The van der Waals surface area contributed by atoms with Gasteiger partial charge in [0.05, 0.1) is 30.5 Å². The smallest absolute Gasteiger partial charge is 0.232 e. The van der Waals surface area contributed by atoms with Crippen LogP contribution < -0.4 is 0 Å². The van der Waals surface area contributed by atoms with Crippen molar-refractivity contribution >= 4 is 23.6 Å². The van der Waals surface area contributed by atoms with Gasteiger partial charge in [-0.3, -0.25) is 9.59 Å². The van der Waals surface area contributed by atoms with Gasteiger partial charge in [0, 0.05) is 32.8 Å². The highest BCUT2D eigenvalue weighted by Gasteiger charge is 2.41. The second-order valence-electron chi connectivity index (χ2n) is 7.35. The van der Waals surface area contributed by atoms with Gasteiger partial charge in [0.25, 0.3) is 0 Å². The van der Waals surface area contributed by atoms with Crippen LogP contribution in [-0.4, -0.2) is 84.7 Å². The number of likely N-dealkylation sites (tertiary alicyclic amines) is 1. The third kappa shape index (κ3) is 4.89. The number of carbonyl (C=O) groups is 2. The highest BCUT2D eigenvalue weighted by molar-refractivity contribution is 7.99. The Labute approximate surface area is 154 Å². The van der Waals surface area contributed by atoms with Crippen LogP contribution >= 0.6 is 11.8 Å². The Hall–Kier alpha value is -0.790. The molecule has 6 nitrogen and oxygen atoms in total. The summed E-state index contributed by atoms with van der Waals surface area (Å²) in [5.74, 6) is 0.899. The number of hydrogen-bond donors (Lipinski definition) is 0. The molecule has 0 aromatic heterocycles. The molecule has 0 saturated carbocycles. The van der Waals surface area contributed by atoms with Crippen LogP contribution in [0.3, 0.4) is 0 Å².